The molecule has 726 valence electrons. The molecule has 9 amide bonds. The minimum absolute atomic E-state index is 0.0143. The summed E-state index contributed by atoms with van der Waals surface area (Å²) >= 11 is 7.65. The van der Waals surface area contributed by atoms with Crippen molar-refractivity contribution < 1.29 is 139 Å². The second kappa shape index (κ2) is 45.1. The summed E-state index contributed by atoms with van der Waals surface area (Å²) in [6.07, 6.45) is -15.3. The van der Waals surface area contributed by atoms with Gasteiger partial charge in [0.15, 0.2) is 18.9 Å². The van der Waals surface area contributed by atoms with E-state index < -0.39 is 118 Å². The topological polar surface area (TPSA) is 375 Å². The van der Waals surface area contributed by atoms with Gasteiger partial charge in [-0.2, -0.15) is 54.5 Å². The first-order valence-corrected chi connectivity index (χ1v) is 46.1. The summed E-state index contributed by atoms with van der Waals surface area (Å²) in [5.41, 5.74) is -6.90. The van der Waals surface area contributed by atoms with Crippen LogP contribution < -0.4 is 20.1 Å². The van der Waals surface area contributed by atoms with E-state index in [-0.39, 0.29) is 89.3 Å². The van der Waals surface area contributed by atoms with Crippen LogP contribution in [-0.2, 0) is 90.4 Å². The zero-order chi connectivity index (χ0) is 96.6. The molecule has 3 aromatic heterocycles. The van der Waals surface area contributed by atoms with Crippen molar-refractivity contribution >= 4 is 87.0 Å². The second-order valence-corrected chi connectivity index (χ2v) is 36.0. The van der Waals surface area contributed by atoms with Crippen LogP contribution >= 0.6 is 51.2 Å². The average molecular weight is 2020 g/mol. The Balaban J connectivity index is 0.000000157. The van der Waals surface area contributed by atoms with Crippen molar-refractivity contribution in [2.45, 2.75) is 130 Å². The molecule has 0 unspecified atom stereocenters. The summed E-state index contributed by atoms with van der Waals surface area (Å²) in [4.78, 5) is 98.1. The monoisotopic (exact) mass is 2020 g/mol. The first-order chi connectivity index (χ1) is 64.3. The van der Waals surface area contributed by atoms with Crippen LogP contribution in [0.1, 0.15) is 75.9 Å². The number of urea groups is 3. The van der Waals surface area contributed by atoms with Crippen LogP contribution in [0.5, 0.6) is 28.7 Å². The number of nitrogens with one attached hydrogen (secondary N) is 2. The van der Waals surface area contributed by atoms with Gasteiger partial charge in [-0.1, -0.05) is 67.8 Å². The molecule has 34 nitrogen and oxygen atoms in total. The van der Waals surface area contributed by atoms with E-state index in [4.69, 9.17) is 60.9 Å². The lowest BCUT2D eigenvalue weighted by Gasteiger charge is -2.32. The third-order valence-electron chi connectivity index (χ3n) is 21.1. The number of phenolic OH excluding ortho intramolecular Hbond substituents is 1. The molecule has 0 atom stereocenters. The minimum Gasteiger partial charge on any atom is -0.507 e. The van der Waals surface area contributed by atoms with Crippen molar-refractivity contribution in [3.05, 3.63) is 168 Å². The van der Waals surface area contributed by atoms with Crippen LogP contribution in [0.2, 0.25) is 0 Å². The molecule has 8 fully saturated rings. The Labute approximate surface area is 786 Å². The Kier molecular flexibility index (Phi) is 34.0. The van der Waals surface area contributed by atoms with E-state index in [1.54, 1.807) is 94.1 Å². The summed E-state index contributed by atoms with van der Waals surface area (Å²) in [5, 5.41) is 26.6. The van der Waals surface area contributed by atoms with Crippen molar-refractivity contribution in [1.82, 2.24) is 70.5 Å². The lowest BCUT2D eigenvalue weighted by Crippen LogP contribution is -2.48. The molecule has 0 bridgehead atoms. The molecule has 0 radical (unpaired) electrons. The van der Waals surface area contributed by atoms with Gasteiger partial charge in [0.05, 0.1) is 92.6 Å². The number of rotatable bonds is 27. The Bertz CT molecular complexity index is 5590. The number of alkyl halides is 10. The average Bonchev–Trinajstić information content (AvgIpc) is 1.61. The van der Waals surface area contributed by atoms with Gasteiger partial charge in [0.25, 0.3) is 17.7 Å². The lowest BCUT2D eigenvalue weighted by atomic mass is 10.0. The highest BCUT2D eigenvalue weighted by Crippen LogP contribution is 2.46. The van der Waals surface area contributed by atoms with Gasteiger partial charge in [0.1, 0.15) is 70.8 Å². The van der Waals surface area contributed by atoms with Crippen molar-refractivity contribution in [1.29, 1.82) is 0 Å². The minimum atomic E-state index is -4.88. The van der Waals surface area contributed by atoms with Crippen LogP contribution in [0, 0.1) is 5.82 Å². The third kappa shape index (κ3) is 26.8. The maximum atomic E-state index is 14.3. The molecule has 8 aliphatic heterocycles. The fourth-order valence-corrected chi connectivity index (χ4v) is 17.3. The smallest absolute Gasteiger partial charge is 0.420 e. The van der Waals surface area contributed by atoms with Gasteiger partial charge in [-0.05, 0) is 133 Å². The van der Waals surface area contributed by atoms with Crippen molar-refractivity contribution in [2.24, 2.45) is 0 Å². The van der Waals surface area contributed by atoms with Crippen LogP contribution in [0.3, 0.4) is 0 Å². The van der Waals surface area contributed by atoms with E-state index in [9.17, 15) is 77.8 Å². The number of halogens is 11. The Hall–Kier alpha value is -10.6. The molecule has 3 N–H and O–H groups in total. The van der Waals surface area contributed by atoms with Crippen molar-refractivity contribution in [3.8, 4) is 62.9 Å². The van der Waals surface area contributed by atoms with Gasteiger partial charge in [-0.15, -0.1) is 35.3 Å². The van der Waals surface area contributed by atoms with E-state index in [2.05, 4.69) is 66.8 Å². The maximum Gasteiger partial charge on any atom is 0.420 e. The summed E-state index contributed by atoms with van der Waals surface area (Å²) in [6.45, 7) is 20.6. The molecule has 6 aromatic carbocycles. The number of carbonyl (C=O) groups is 6. The van der Waals surface area contributed by atoms with E-state index in [1.165, 1.54) is 66.5 Å². The number of benzene rings is 6. The zero-order valence-corrected chi connectivity index (χ0v) is 77.3. The normalized spacial score (nSPS) is 18.3. The molecular weight excluding hydrogens is 1930 g/mol. The van der Waals surface area contributed by atoms with Crippen LogP contribution in [0.4, 0.5) is 58.3 Å². The number of para-hydroxylation sites is 3. The number of hydrogen-bond donors (Lipinski definition) is 3. The third-order valence-corrected chi connectivity index (χ3v) is 24.8. The maximum absolute atomic E-state index is 14.3. The number of nitrogens with zero attached hydrogens (tertiary/aromatic N) is 12. The predicted octanol–water partition coefficient (Wildman–Crippen LogP) is 15.0. The summed E-state index contributed by atoms with van der Waals surface area (Å²) in [7, 11) is 0. The Morgan fingerprint density at radius 3 is 1.17 bits per heavy atom. The Morgan fingerprint density at radius 1 is 0.437 bits per heavy atom. The molecule has 8 saturated heterocycles. The predicted molar refractivity (Wildman–Crippen MR) is 466 cm³/mol. The number of phenols is 1. The second-order valence-electron chi connectivity index (χ2n) is 32.0. The molecule has 9 aromatic rings. The van der Waals surface area contributed by atoms with Gasteiger partial charge >= 0.3 is 36.6 Å². The van der Waals surface area contributed by atoms with E-state index in [1.807, 2.05) is 18.2 Å². The highest BCUT2D eigenvalue weighted by atomic mass is 79.9. The number of hydrogen-bond acceptors (Lipinski definition) is 31. The molecule has 135 heavy (non-hydrogen) atoms. The SMILES string of the molecule is BrCCN1CCOCC1.CC1(C)C(=O)N(Cc2nc(-c3ccc(Oc4ccccc4SCC4OCCO4)c(C(F)(F)F)c3)no2)C(=O)N1CCN1CCOCC1.CC1(C)NC(=O)N(Cc2nc(-c3ccc(F)c(C(F)(F)F)c3)no2)C1=O.CC1(C)NC(=O)N(Cc2nc(-c3ccc(Oc4ccccc4SCC4OCCO4)c(C(F)(F)F)c3)no2)C1=O.Oc1ccccc1SCC1OCCO1. The molecule has 11 heterocycles. The van der Waals surface area contributed by atoms with Crippen LogP contribution in [-0.4, -0.2) is 271 Å². The molecule has 48 heteroatoms. The lowest BCUT2D eigenvalue weighted by molar-refractivity contribution is -0.140. The summed E-state index contributed by atoms with van der Waals surface area (Å²) in [6, 6.07) is 28.1. The number of thioether (sulfide) groups is 3. The molecule has 17 rings (SSSR count). The largest absolute Gasteiger partial charge is 0.507 e. The molecule has 8 aliphatic rings. The number of carbonyl (C=O) groups excluding carboxylic acids is 6. The summed E-state index contributed by atoms with van der Waals surface area (Å²) in [5.74, 6) is -2.10. The van der Waals surface area contributed by atoms with Gasteiger partial charge in [-0.3, -0.25) is 38.9 Å². The van der Waals surface area contributed by atoms with Gasteiger partial charge in [0.2, 0.25) is 35.1 Å². The number of ether oxygens (including phenoxy) is 10. The fraction of sp³-hybridized carbons (Fsp3) is 0.448. The van der Waals surface area contributed by atoms with Crippen LogP contribution in [0.25, 0.3) is 34.2 Å². The quantitative estimate of drug-likeness (QED) is 0.0186. The highest BCUT2D eigenvalue weighted by molar-refractivity contribution is 9.09. The first kappa shape index (κ1) is 102. The zero-order valence-electron chi connectivity index (χ0n) is 73.3. The fourth-order valence-electron chi connectivity index (χ4n) is 14.0. The Morgan fingerprint density at radius 2 is 0.793 bits per heavy atom. The standard InChI is InChI=1S/C31H34F3N5O7S.C25H23F3N4O6S.C15H12F4N4O3.C10H12O3S.C6H12BrNO/c1-30(2)28(40)38(29(41)39(30)10-9-37-11-13-42-14-12-37)18-25-35-27(36-46-25)20-7-8-22(21(17-20)31(32,33)34)45-23-5-3-4-6-24(23)47-19-26-43-15-16-44-26;1-24(2)22(33)32(23(34)30-24)12-19-29-21(31-38-19)14-7-8-16(15(11-14)25(26,27)28)37-17-5-3-4-6-18(17)39-13-20-35-9-10-36-20;1-14(2)12(24)23(13(25)21-14)6-10-20-11(22-26-10)7-3-4-9(16)8(5-7)15(17,18)19;11-8-3-1-2-4-9(8)14-7-10-12-5-6-13-10;7-1-2-8-3-5-9-6-4-8/h3-8,17,26H,9-16,18-19H2,1-2H3;3-8,11,20H,9-10,12-13H2,1-2H3,(H,30,34);3-5H,6H2,1-2H3,(H,21,25);1-4,10-11H,5-7H2;1-6H2. The first-order valence-electron chi connectivity index (χ1n) is 42.1. The number of imide groups is 3. The molecular formula is C87H93BrF10N14O20S3. The van der Waals surface area contributed by atoms with E-state index in [0.29, 0.717) is 105 Å². The van der Waals surface area contributed by atoms with E-state index >= 15 is 0 Å². The van der Waals surface area contributed by atoms with E-state index in [0.717, 1.165) is 94.8 Å². The van der Waals surface area contributed by atoms with Crippen LogP contribution in [0.15, 0.2) is 156 Å². The highest BCUT2D eigenvalue weighted by Gasteiger charge is 2.52. The molecule has 0 aliphatic carbocycles. The van der Waals surface area contributed by atoms with Gasteiger partial charge in [-0.25, -0.2) is 18.8 Å². The number of amides is 9. The summed E-state index contributed by atoms with van der Waals surface area (Å²) < 4.78 is 206. The van der Waals surface area contributed by atoms with Crippen molar-refractivity contribution in [2.75, 3.05) is 134 Å². The number of aromatic nitrogens is 6. The molecule has 0 saturated carbocycles. The number of morpholine rings is 2. The molecule has 0 spiro atoms. The van der Waals surface area contributed by atoms with Gasteiger partial charge in [0, 0.05) is 90.0 Å². The number of aromatic hydroxyl groups is 1. The van der Waals surface area contributed by atoms with Crippen molar-refractivity contribution in [3.63, 3.8) is 0 Å². The van der Waals surface area contributed by atoms with Gasteiger partial charge < -0.3 is 81.6 Å².